The van der Waals surface area contributed by atoms with Gasteiger partial charge in [0.2, 0.25) is 21.8 Å². The number of nitrogens with zero attached hydrogens (tertiary/aromatic N) is 2. The maximum Gasteiger partial charge on any atom is 0.244 e. The summed E-state index contributed by atoms with van der Waals surface area (Å²) >= 11 is 12.4. The van der Waals surface area contributed by atoms with Gasteiger partial charge in [-0.25, -0.2) is 12.8 Å². The van der Waals surface area contributed by atoms with E-state index in [-0.39, 0.29) is 28.7 Å². The van der Waals surface area contributed by atoms with Crippen molar-refractivity contribution < 1.29 is 22.4 Å². The van der Waals surface area contributed by atoms with E-state index in [1.54, 1.807) is 6.92 Å². The van der Waals surface area contributed by atoms with Crippen LogP contribution in [0, 0.1) is 5.82 Å². The van der Waals surface area contributed by atoms with Crippen LogP contribution in [0.1, 0.15) is 18.1 Å². The third-order valence-corrected chi connectivity index (χ3v) is 7.70. The molecule has 2 amide bonds. The van der Waals surface area contributed by atoms with E-state index in [1.165, 1.54) is 47.4 Å². The summed E-state index contributed by atoms with van der Waals surface area (Å²) in [5.41, 5.74) is 1.40. The first-order valence-corrected chi connectivity index (χ1v) is 14.4. The van der Waals surface area contributed by atoms with Crippen molar-refractivity contribution in [2.75, 3.05) is 23.7 Å². The van der Waals surface area contributed by atoms with Crippen molar-refractivity contribution in [2.45, 2.75) is 25.9 Å². The molecule has 0 spiro atoms. The highest BCUT2D eigenvalue weighted by Crippen LogP contribution is 2.33. The number of benzene rings is 3. The molecule has 0 aromatic heterocycles. The smallest absolute Gasteiger partial charge is 0.244 e. The van der Waals surface area contributed by atoms with Gasteiger partial charge in [-0.05, 0) is 42.3 Å². The summed E-state index contributed by atoms with van der Waals surface area (Å²) in [5, 5.41) is 2.86. The SMILES string of the molecule is CCNC(=O)[C@@H](Cc1ccccc1)N(Cc1ccc(F)cc1)C(=O)CN(c1cccc(Cl)c1Cl)S(C)(=O)=O. The van der Waals surface area contributed by atoms with Crippen molar-refractivity contribution >= 4 is 50.7 Å². The molecule has 3 aromatic carbocycles. The Morgan fingerprint density at radius 1 is 0.947 bits per heavy atom. The number of amides is 2. The molecule has 0 saturated carbocycles. The maximum atomic E-state index is 13.9. The first kappa shape index (κ1) is 29.4. The van der Waals surface area contributed by atoms with Gasteiger partial charge in [-0.1, -0.05) is 71.7 Å². The van der Waals surface area contributed by atoms with Gasteiger partial charge in [0.05, 0.1) is 22.0 Å². The molecule has 3 aromatic rings. The minimum atomic E-state index is -3.99. The quantitative estimate of drug-likeness (QED) is 0.357. The Labute approximate surface area is 232 Å². The molecule has 0 aliphatic heterocycles. The number of sulfonamides is 1. The summed E-state index contributed by atoms with van der Waals surface area (Å²) in [5.74, 6) is -1.50. The molecule has 0 heterocycles. The highest BCUT2D eigenvalue weighted by atomic mass is 35.5. The summed E-state index contributed by atoms with van der Waals surface area (Å²) in [6.07, 6.45) is 1.13. The van der Waals surface area contributed by atoms with Crippen LogP contribution in [0.5, 0.6) is 0 Å². The average Bonchev–Trinajstić information content (AvgIpc) is 2.87. The highest BCUT2D eigenvalue weighted by Gasteiger charge is 2.33. The zero-order chi connectivity index (χ0) is 27.9. The first-order chi connectivity index (χ1) is 18.0. The standard InChI is InChI=1S/C27H28Cl2FN3O4S/c1-3-31-27(35)24(16-19-8-5-4-6-9-19)32(17-20-12-14-21(30)15-13-20)25(34)18-33(38(2,36)37)23-11-7-10-22(28)26(23)29/h4-15,24H,3,16-18H2,1-2H3,(H,31,35)/t24-/m1/s1. The van der Waals surface area contributed by atoms with E-state index in [0.717, 1.165) is 16.1 Å². The Morgan fingerprint density at radius 3 is 2.21 bits per heavy atom. The molecule has 0 aliphatic carbocycles. The van der Waals surface area contributed by atoms with Gasteiger partial charge in [0, 0.05) is 19.5 Å². The molecular weight excluding hydrogens is 552 g/mol. The second-order valence-electron chi connectivity index (χ2n) is 8.59. The molecule has 7 nitrogen and oxygen atoms in total. The fraction of sp³-hybridized carbons (Fsp3) is 0.259. The minimum Gasteiger partial charge on any atom is -0.355 e. The number of anilines is 1. The first-order valence-electron chi connectivity index (χ1n) is 11.8. The Morgan fingerprint density at radius 2 is 1.61 bits per heavy atom. The maximum absolute atomic E-state index is 13.9. The van der Waals surface area contributed by atoms with Crippen molar-refractivity contribution in [3.8, 4) is 0 Å². The monoisotopic (exact) mass is 579 g/mol. The highest BCUT2D eigenvalue weighted by molar-refractivity contribution is 7.92. The summed E-state index contributed by atoms with van der Waals surface area (Å²) in [7, 11) is -3.99. The van der Waals surface area contributed by atoms with E-state index < -0.39 is 40.2 Å². The summed E-state index contributed by atoms with van der Waals surface area (Å²) in [4.78, 5) is 28.4. The summed E-state index contributed by atoms with van der Waals surface area (Å²) < 4.78 is 40.0. The lowest BCUT2D eigenvalue weighted by molar-refractivity contribution is -0.140. The Hall–Kier alpha value is -3.14. The van der Waals surface area contributed by atoms with E-state index >= 15 is 0 Å². The van der Waals surface area contributed by atoms with Crippen LogP contribution in [-0.2, 0) is 32.6 Å². The fourth-order valence-corrected chi connectivity index (χ4v) is 5.21. The molecule has 3 rings (SSSR count). The zero-order valence-corrected chi connectivity index (χ0v) is 23.2. The Bertz CT molecular complexity index is 1370. The second kappa shape index (κ2) is 13.1. The number of carbonyl (C=O) groups is 2. The molecular formula is C27H28Cl2FN3O4S. The third kappa shape index (κ3) is 7.69. The molecule has 1 atom stereocenters. The number of hydrogen-bond acceptors (Lipinski definition) is 4. The molecule has 0 radical (unpaired) electrons. The van der Waals surface area contributed by atoms with Crippen LogP contribution in [0.2, 0.25) is 10.0 Å². The van der Waals surface area contributed by atoms with E-state index in [9.17, 15) is 22.4 Å². The summed E-state index contributed by atoms with van der Waals surface area (Å²) in [6, 6.07) is 18.2. The third-order valence-electron chi connectivity index (χ3n) is 5.77. The van der Waals surface area contributed by atoms with Crippen LogP contribution in [0.15, 0.2) is 72.8 Å². The predicted octanol–water partition coefficient (Wildman–Crippen LogP) is 4.67. The number of likely N-dealkylation sites (N-methyl/N-ethyl adjacent to an activating group) is 1. The van der Waals surface area contributed by atoms with Crippen molar-refractivity contribution in [1.29, 1.82) is 0 Å². The number of halogens is 3. The minimum absolute atomic E-state index is 0.0259. The van der Waals surface area contributed by atoms with Gasteiger partial charge in [-0.15, -0.1) is 0 Å². The molecule has 0 saturated heterocycles. The van der Waals surface area contributed by atoms with E-state index in [4.69, 9.17) is 23.2 Å². The Kier molecular flexibility index (Phi) is 10.1. The largest absolute Gasteiger partial charge is 0.355 e. The zero-order valence-electron chi connectivity index (χ0n) is 20.9. The lowest BCUT2D eigenvalue weighted by Gasteiger charge is -2.33. The van der Waals surface area contributed by atoms with Gasteiger partial charge in [-0.3, -0.25) is 13.9 Å². The van der Waals surface area contributed by atoms with Gasteiger partial charge < -0.3 is 10.2 Å². The number of hydrogen-bond donors (Lipinski definition) is 1. The normalized spacial score (nSPS) is 12.0. The topological polar surface area (TPSA) is 86.8 Å². The fourth-order valence-electron chi connectivity index (χ4n) is 3.91. The lowest BCUT2D eigenvalue weighted by Crippen LogP contribution is -2.53. The molecule has 0 unspecified atom stereocenters. The molecule has 202 valence electrons. The molecule has 0 fully saturated rings. The Balaban J connectivity index is 2.06. The van der Waals surface area contributed by atoms with E-state index in [0.29, 0.717) is 12.1 Å². The van der Waals surface area contributed by atoms with E-state index in [2.05, 4.69) is 5.32 Å². The predicted molar refractivity (Wildman–Crippen MR) is 148 cm³/mol. The van der Waals surface area contributed by atoms with Crippen molar-refractivity contribution in [1.82, 2.24) is 10.2 Å². The second-order valence-corrected chi connectivity index (χ2v) is 11.3. The van der Waals surface area contributed by atoms with Crippen LogP contribution in [0.3, 0.4) is 0 Å². The van der Waals surface area contributed by atoms with Crippen LogP contribution < -0.4 is 9.62 Å². The van der Waals surface area contributed by atoms with Gasteiger partial charge in [-0.2, -0.15) is 0 Å². The van der Waals surface area contributed by atoms with Crippen LogP contribution in [-0.4, -0.2) is 50.5 Å². The number of nitrogens with one attached hydrogen (secondary N) is 1. The lowest BCUT2D eigenvalue weighted by atomic mass is 10.0. The molecule has 0 bridgehead atoms. The van der Waals surface area contributed by atoms with E-state index in [1.807, 2.05) is 30.3 Å². The van der Waals surface area contributed by atoms with Crippen LogP contribution in [0.4, 0.5) is 10.1 Å². The number of rotatable bonds is 11. The van der Waals surface area contributed by atoms with Crippen molar-refractivity contribution in [2.24, 2.45) is 0 Å². The van der Waals surface area contributed by atoms with Gasteiger partial charge in [0.1, 0.15) is 18.4 Å². The average molecular weight is 581 g/mol. The number of carbonyl (C=O) groups excluding carboxylic acids is 2. The molecule has 11 heteroatoms. The molecule has 0 aliphatic rings. The van der Waals surface area contributed by atoms with Crippen LogP contribution in [0.25, 0.3) is 0 Å². The van der Waals surface area contributed by atoms with Gasteiger partial charge in [0.15, 0.2) is 0 Å². The molecule has 38 heavy (non-hydrogen) atoms. The molecule has 1 N–H and O–H groups in total. The van der Waals surface area contributed by atoms with Crippen molar-refractivity contribution in [3.63, 3.8) is 0 Å². The van der Waals surface area contributed by atoms with Gasteiger partial charge >= 0.3 is 0 Å². The van der Waals surface area contributed by atoms with Gasteiger partial charge in [0.25, 0.3) is 0 Å². The summed E-state index contributed by atoms with van der Waals surface area (Å²) in [6.45, 7) is 1.39. The van der Waals surface area contributed by atoms with Crippen LogP contribution >= 0.6 is 23.2 Å². The van der Waals surface area contributed by atoms with Crippen molar-refractivity contribution in [3.05, 3.63) is 99.8 Å².